The second-order valence-electron chi connectivity index (χ2n) is 5.40. The van der Waals surface area contributed by atoms with Crippen LogP contribution in [0.15, 0.2) is 58.2 Å². The smallest absolute Gasteiger partial charge is 0.191 e. The number of hydrogen-bond donors (Lipinski definition) is 0. The number of carbonyl (C=O) groups is 1. The van der Waals surface area contributed by atoms with Crippen LogP contribution in [-0.2, 0) is 7.05 Å². The molecule has 1 aromatic heterocycles. The van der Waals surface area contributed by atoms with E-state index < -0.39 is 0 Å². The first-order chi connectivity index (χ1) is 11.6. The topological polar surface area (TPSA) is 47.8 Å². The van der Waals surface area contributed by atoms with E-state index in [0.29, 0.717) is 11.3 Å². The molecule has 0 spiro atoms. The summed E-state index contributed by atoms with van der Waals surface area (Å²) >= 11 is 4.79. The first kappa shape index (κ1) is 16.9. The summed E-state index contributed by atoms with van der Waals surface area (Å²) in [5.74, 6) is 1.21. The third-order valence-electron chi connectivity index (χ3n) is 3.70. The number of ketones is 1. The van der Waals surface area contributed by atoms with Gasteiger partial charge in [0.2, 0.25) is 0 Å². The summed E-state index contributed by atoms with van der Waals surface area (Å²) in [5, 5.41) is 9.25. The van der Waals surface area contributed by atoms with Gasteiger partial charge in [0.1, 0.15) is 0 Å². The molecule has 0 unspecified atom stereocenters. The molecule has 0 aliphatic heterocycles. The van der Waals surface area contributed by atoms with Gasteiger partial charge in [0.15, 0.2) is 16.8 Å². The number of aromatic nitrogens is 3. The van der Waals surface area contributed by atoms with Crippen LogP contribution >= 0.6 is 27.7 Å². The molecule has 0 amide bonds. The summed E-state index contributed by atoms with van der Waals surface area (Å²) in [6.07, 6.45) is 0. The second-order valence-corrected chi connectivity index (χ2v) is 7.26. The van der Waals surface area contributed by atoms with Gasteiger partial charge in [-0.3, -0.25) is 4.79 Å². The number of hydrogen-bond acceptors (Lipinski definition) is 4. The second kappa shape index (κ2) is 7.32. The molecule has 1 heterocycles. The van der Waals surface area contributed by atoms with Crippen LogP contribution in [0.1, 0.15) is 15.9 Å². The third-order valence-corrected chi connectivity index (χ3v) is 5.21. The van der Waals surface area contributed by atoms with Crippen molar-refractivity contribution >= 4 is 33.5 Å². The van der Waals surface area contributed by atoms with E-state index in [1.165, 1.54) is 11.8 Å². The summed E-state index contributed by atoms with van der Waals surface area (Å²) in [6, 6.07) is 15.5. The van der Waals surface area contributed by atoms with Crippen LogP contribution in [0.2, 0.25) is 0 Å². The van der Waals surface area contributed by atoms with Crippen molar-refractivity contribution in [2.45, 2.75) is 12.1 Å². The number of rotatable bonds is 5. The first-order valence-electron chi connectivity index (χ1n) is 7.43. The van der Waals surface area contributed by atoms with Crippen molar-refractivity contribution in [1.29, 1.82) is 0 Å². The average molecular weight is 402 g/mol. The molecule has 4 nitrogen and oxygen atoms in total. The highest BCUT2D eigenvalue weighted by molar-refractivity contribution is 9.10. The molecule has 6 heteroatoms. The summed E-state index contributed by atoms with van der Waals surface area (Å²) in [5.41, 5.74) is 2.89. The molecule has 122 valence electrons. The standard InChI is InChI=1S/C18H16BrN3OS/c1-12-6-3-4-9-15(12)17-20-21-18(22(17)2)24-11-16(23)13-7-5-8-14(19)10-13/h3-10H,11H2,1-2H3. The summed E-state index contributed by atoms with van der Waals surface area (Å²) < 4.78 is 2.83. The summed E-state index contributed by atoms with van der Waals surface area (Å²) in [6.45, 7) is 2.05. The molecule has 3 aromatic rings. The van der Waals surface area contributed by atoms with Gasteiger partial charge in [-0.2, -0.15) is 0 Å². The molecule has 2 aromatic carbocycles. The Hall–Kier alpha value is -1.92. The minimum Gasteiger partial charge on any atom is -0.305 e. The number of carbonyl (C=O) groups excluding carboxylic acids is 1. The third kappa shape index (κ3) is 3.60. The monoisotopic (exact) mass is 401 g/mol. The number of halogens is 1. The van der Waals surface area contributed by atoms with E-state index in [0.717, 1.165) is 26.6 Å². The van der Waals surface area contributed by atoms with Crippen molar-refractivity contribution in [2.75, 3.05) is 5.75 Å². The number of aryl methyl sites for hydroxylation is 1. The summed E-state index contributed by atoms with van der Waals surface area (Å²) in [7, 11) is 1.92. The fourth-order valence-corrected chi connectivity index (χ4v) is 3.58. The Balaban J connectivity index is 1.75. The zero-order valence-electron chi connectivity index (χ0n) is 13.4. The Kier molecular flexibility index (Phi) is 5.16. The van der Waals surface area contributed by atoms with Crippen molar-refractivity contribution < 1.29 is 4.79 Å². The predicted octanol–water partition coefficient (Wildman–Crippen LogP) is 4.53. The Bertz CT molecular complexity index is 891. The van der Waals surface area contributed by atoms with Gasteiger partial charge < -0.3 is 4.57 Å². The Morgan fingerprint density at radius 1 is 1.17 bits per heavy atom. The molecule has 0 saturated heterocycles. The lowest BCUT2D eigenvalue weighted by molar-refractivity contribution is 0.102. The van der Waals surface area contributed by atoms with Gasteiger partial charge in [-0.05, 0) is 24.6 Å². The maximum absolute atomic E-state index is 12.3. The van der Waals surface area contributed by atoms with Gasteiger partial charge in [-0.25, -0.2) is 0 Å². The van der Waals surface area contributed by atoms with E-state index in [4.69, 9.17) is 0 Å². The van der Waals surface area contributed by atoms with Crippen LogP contribution < -0.4 is 0 Å². The zero-order valence-corrected chi connectivity index (χ0v) is 15.8. The summed E-state index contributed by atoms with van der Waals surface area (Å²) in [4.78, 5) is 12.3. The largest absolute Gasteiger partial charge is 0.305 e. The minimum absolute atomic E-state index is 0.0711. The van der Waals surface area contributed by atoms with E-state index in [1.807, 2.05) is 67.1 Å². The minimum atomic E-state index is 0.0711. The molecule has 0 radical (unpaired) electrons. The molecular formula is C18H16BrN3OS. The molecule has 0 fully saturated rings. The maximum Gasteiger partial charge on any atom is 0.191 e. The van der Waals surface area contributed by atoms with Gasteiger partial charge in [0.05, 0.1) is 5.75 Å². The molecule has 3 rings (SSSR count). The first-order valence-corrected chi connectivity index (χ1v) is 9.21. The molecule has 0 atom stereocenters. The van der Waals surface area contributed by atoms with Crippen molar-refractivity contribution in [2.24, 2.45) is 7.05 Å². The fourth-order valence-electron chi connectivity index (χ4n) is 2.37. The van der Waals surface area contributed by atoms with Gasteiger partial charge in [0.25, 0.3) is 0 Å². The number of thioether (sulfide) groups is 1. The Morgan fingerprint density at radius 3 is 2.71 bits per heavy atom. The van der Waals surface area contributed by atoms with Crippen molar-refractivity contribution in [3.63, 3.8) is 0 Å². The van der Waals surface area contributed by atoms with Gasteiger partial charge in [-0.15, -0.1) is 10.2 Å². The van der Waals surface area contributed by atoms with Gasteiger partial charge in [0, 0.05) is 22.6 Å². The Morgan fingerprint density at radius 2 is 1.96 bits per heavy atom. The Labute approximate surface area is 153 Å². The highest BCUT2D eigenvalue weighted by Crippen LogP contribution is 2.25. The van der Waals surface area contributed by atoms with E-state index >= 15 is 0 Å². The molecule has 0 aliphatic carbocycles. The highest BCUT2D eigenvalue weighted by Gasteiger charge is 2.14. The molecule has 24 heavy (non-hydrogen) atoms. The van der Waals surface area contributed by atoms with Crippen LogP contribution in [0.3, 0.4) is 0 Å². The molecule has 0 saturated carbocycles. The van der Waals surface area contributed by atoms with Crippen molar-refractivity contribution in [3.8, 4) is 11.4 Å². The quantitative estimate of drug-likeness (QED) is 0.465. The fraction of sp³-hybridized carbons (Fsp3) is 0.167. The number of nitrogens with zero attached hydrogens (tertiary/aromatic N) is 3. The van der Waals surface area contributed by atoms with E-state index in [-0.39, 0.29) is 5.78 Å². The maximum atomic E-state index is 12.3. The van der Waals surface area contributed by atoms with Crippen LogP contribution in [0.25, 0.3) is 11.4 Å². The molecule has 0 aliphatic rings. The lowest BCUT2D eigenvalue weighted by Gasteiger charge is -2.06. The number of benzene rings is 2. The average Bonchev–Trinajstić information content (AvgIpc) is 2.94. The lowest BCUT2D eigenvalue weighted by atomic mass is 10.1. The lowest BCUT2D eigenvalue weighted by Crippen LogP contribution is -2.04. The SMILES string of the molecule is Cc1ccccc1-c1nnc(SCC(=O)c2cccc(Br)c2)n1C. The van der Waals surface area contributed by atoms with E-state index in [1.54, 1.807) is 0 Å². The van der Waals surface area contributed by atoms with Crippen LogP contribution in [0.5, 0.6) is 0 Å². The van der Waals surface area contributed by atoms with Crippen LogP contribution in [-0.4, -0.2) is 26.3 Å². The van der Waals surface area contributed by atoms with Crippen molar-refractivity contribution in [3.05, 3.63) is 64.1 Å². The molecular weight excluding hydrogens is 386 g/mol. The highest BCUT2D eigenvalue weighted by atomic mass is 79.9. The van der Waals surface area contributed by atoms with Gasteiger partial charge in [-0.1, -0.05) is 64.1 Å². The van der Waals surface area contributed by atoms with Crippen LogP contribution in [0, 0.1) is 6.92 Å². The van der Waals surface area contributed by atoms with Gasteiger partial charge >= 0.3 is 0 Å². The predicted molar refractivity (Wildman–Crippen MR) is 100 cm³/mol. The van der Waals surface area contributed by atoms with E-state index in [9.17, 15) is 4.79 Å². The normalized spacial score (nSPS) is 10.8. The van der Waals surface area contributed by atoms with Crippen molar-refractivity contribution in [1.82, 2.24) is 14.8 Å². The molecule has 0 N–H and O–H groups in total. The van der Waals surface area contributed by atoms with E-state index in [2.05, 4.69) is 26.1 Å². The number of Topliss-reactive ketones (excluding diaryl/α,β-unsaturated/α-hetero) is 1. The zero-order chi connectivity index (χ0) is 17.1. The van der Waals surface area contributed by atoms with Crippen LogP contribution in [0.4, 0.5) is 0 Å². The molecule has 0 bridgehead atoms.